The Morgan fingerprint density at radius 3 is 2.14 bits per heavy atom. The van der Waals surface area contributed by atoms with Crippen LogP contribution in [-0.2, 0) is 20.8 Å². The molecule has 1 amide bonds. The molecule has 1 heterocycles. The smallest absolute Gasteiger partial charge is 0.408 e. The molecule has 0 bridgehead atoms. The molecule has 10 heteroatoms. The van der Waals surface area contributed by atoms with Crippen molar-refractivity contribution in [3.8, 4) is 11.3 Å². The topological polar surface area (TPSA) is 94.5 Å². The summed E-state index contributed by atoms with van der Waals surface area (Å²) < 4.78 is 41.9. The molecular formula is C34H46F2N4O4. The summed E-state index contributed by atoms with van der Waals surface area (Å²) in [6.07, 6.45) is 1.21. The zero-order valence-electron chi connectivity index (χ0n) is 27.3. The average Bonchev–Trinajstić information content (AvgIpc) is 3.27. The number of hydrogen-bond donors (Lipinski definition) is 2. The van der Waals surface area contributed by atoms with Crippen molar-refractivity contribution >= 4 is 12.1 Å². The minimum Gasteiger partial charge on any atom is -0.458 e. The fourth-order valence-corrected chi connectivity index (χ4v) is 4.62. The number of alkyl carbamates (subject to hydrolysis) is 1. The minimum atomic E-state index is -0.974. The number of amides is 1. The number of ether oxygens (including phenoxy) is 2. The summed E-state index contributed by atoms with van der Waals surface area (Å²) in [6, 6.07) is 11.7. The van der Waals surface area contributed by atoms with Gasteiger partial charge in [-0.3, -0.25) is 0 Å². The maximum atomic E-state index is 14.8. The highest BCUT2D eigenvalue weighted by Crippen LogP contribution is 2.35. The SMILES string of the molecule is CC(C)(C)OC(=O)N[C@@H](CCN[C@@H](c1nc(-c2cc(F)ccc2F)cn1Cc1ccccc1)C(C)(C)C)C(=O)OC(C)(C)C. The van der Waals surface area contributed by atoms with Gasteiger partial charge in [-0.25, -0.2) is 23.4 Å². The lowest BCUT2D eigenvalue weighted by Crippen LogP contribution is -2.47. The van der Waals surface area contributed by atoms with Gasteiger partial charge in [0.2, 0.25) is 0 Å². The number of carbonyl (C=O) groups excluding carboxylic acids is 2. The molecule has 0 spiro atoms. The van der Waals surface area contributed by atoms with Crippen molar-refractivity contribution in [1.29, 1.82) is 0 Å². The molecule has 0 radical (unpaired) electrons. The van der Waals surface area contributed by atoms with Crippen LogP contribution in [0.3, 0.4) is 0 Å². The lowest BCUT2D eigenvalue weighted by atomic mass is 9.86. The van der Waals surface area contributed by atoms with E-state index in [1.165, 1.54) is 0 Å². The summed E-state index contributed by atoms with van der Waals surface area (Å²) in [5, 5.41) is 6.17. The van der Waals surface area contributed by atoms with Crippen LogP contribution in [0.15, 0.2) is 54.7 Å². The Balaban J connectivity index is 1.94. The van der Waals surface area contributed by atoms with Crippen LogP contribution >= 0.6 is 0 Å². The van der Waals surface area contributed by atoms with E-state index in [0.717, 1.165) is 23.8 Å². The first-order chi connectivity index (χ1) is 20.3. The number of nitrogens with zero attached hydrogens (tertiary/aromatic N) is 2. The quantitative estimate of drug-likeness (QED) is 0.236. The predicted octanol–water partition coefficient (Wildman–Crippen LogP) is 7.18. The molecule has 1 aromatic heterocycles. The summed E-state index contributed by atoms with van der Waals surface area (Å²) in [5.74, 6) is -1.09. The van der Waals surface area contributed by atoms with Crippen LogP contribution in [-0.4, -0.2) is 45.4 Å². The second kappa shape index (κ2) is 13.9. The molecule has 3 rings (SSSR count). The highest BCUT2D eigenvalue weighted by atomic mass is 19.1. The number of carbonyl (C=O) groups is 2. The number of benzene rings is 2. The summed E-state index contributed by atoms with van der Waals surface area (Å²) in [6.45, 7) is 17.4. The first kappa shape index (κ1) is 34.7. The fourth-order valence-electron chi connectivity index (χ4n) is 4.62. The van der Waals surface area contributed by atoms with Gasteiger partial charge in [0.1, 0.15) is 34.7 Å². The van der Waals surface area contributed by atoms with E-state index in [2.05, 4.69) is 10.6 Å². The molecule has 3 aromatic rings. The molecule has 0 aliphatic heterocycles. The lowest BCUT2D eigenvalue weighted by Gasteiger charge is -2.32. The molecule has 0 aliphatic carbocycles. The zero-order chi connectivity index (χ0) is 32.9. The number of halogens is 2. The molecule has 2 atom stereocenters. The van der Waals surface area contributed by atoms with Gasteiger partial charge in [-0.15, -0.1) is 0 Å². The number of aromatic nitrogens is 2. The predicted molar refractivity (Wildman–Crippen MR) is 167 cm³/mol. The highest BCUT2D eigenvalue weighted by Gasteiger charge is 2.33. The Bertz CT molecular complexity index is 1420. The van der Waals surface area contributed by atoms with Crippen molar-refractivity contribution in [3.05, 3.63) is 77.8 Å². The highest BCUT2D eigenvalue weighted by molar-refractivity contribution is 5.81. The van der Waals surface area contributed by atoms with E-state index in [1.54, 1.807) is 47.7 Å². The van der Waals surface area contributed by atoms with Gasteiger partial charge in [0.15, 0.2) is 0 Å². The van der Waals surface area contributed by atoms with Gasteiger partial charge in [0.25, 0.3) is 0 Å². The second-order valence-electron chi connectivity index (χ2n) is 14.0. The number of hydrogen-bond acceptors (Lipinski definition) is 6. The van der Waals surface area contributed by atoms with E-state index in [0.29, 0.717) is 24.6 Å². The van der Waals surface area contributed by atoms with Crippen molar-refractivity contribution in [2.24, 2.45) is 5.41 Å². The maximum Gasteiger partial charge on any atom is 0.408 e. The van der Waals surface area contributed by atoms with E-state index in [9.17, 15) is 18.4 Å². The van der Waals surface area contributed by atoms with Crippen LogP contribution < -0.4 is 10.6 Å². The summed E-state index contributed by atoms with van der Waals surface area (Å²) >= 11 is 0. The number of esters is 1. The number of rotatable bonds is 10. The monoisotopic (exact) mass is 612 g/mol. The largest absolute Gasteiger partial charge is 0.458 e. The average molecular weight is 613 g/mol. The first-order valence-electron chi connectivity index (χ1n) is 14.8. The molecule has 0 fully saturated rings. The standard InChI is InChI=1S/C34H46F2N4O4/c1-32(2,3)28(37-18-17-26(30(41)43-33(4,5)6)39-31(42)44-34(7,8)9)29-38-27(24-19-23(35)15-16-25(24)36)21-40(29)20-22-13-11-10-12-14-22/h10-16,19,21,26,28,37H,17-18,20H2,1-9H3,(H,39,42)/t26-,28-/m0/s1. The maximum absolute atomic E-state index is 14.8. The Hall–Kier alpha value is -3.79. The van der Waals surface area contributed by atoms with Gasteiger partial charge in [-0.1, -0.05) is 51.1 Å². The van der Waals surface area contributed by atoms with Gasteiger partial charge < -0.3 is 24.7 Å². The van der Waals surface area contributed by atoms with Crippen LogP contribution in [0.2, 0.25) is 0 Å². The molecule has 0 unspecified atom stereocenters. The molecule has 44 heavy (non-hydrogen) atoms. The minimum absolute atomic E-state index is 0.0669. The molecule has 8 nitrogen and oxygen atoms in total. The molecule has 0 saturated carbocycles. The van der Waals surface area contributed by atoms with Crippen LogP contribution in [0.25, 0.3) is 11.3 Å². The fraction of sp³-hybridized carbons (Fsp3) is 0.500. The lowest BCUT2D eigenvalue weighted by molar-refractivity contribution is -0.157. The summed E-state index contributed by atoms with van der Waals surface area (Å²) in [5.41, 5.74) is -0.502. The Morgan fingerprint density at radius 1 is 0.909 bits per heavy atom. The Labute approximate surface area is 259 Å². The summed E-state index contributed by atoms with van der Waals surface area (Å²) in [4.78, 5) is 30.5. The van der Waals surface area contributed by atoms with Crippen molar-refractivity contribution in [2.45, 2.75) is 98.6 Å². The molecule has 2 aromatic carbocycles. The van der Waals surface area contributed by atoms with E-state index in [-0.39, 0.29) is 18.0 Å². The third kappa shape index (κ3) is 10.4. The second-order valence-corrected chi connectivity index (χ2v) is 14.0. The zero-order valence-corrected chi connectivity index (χ0v) is 27.3. The van der Waals surface area contributed by atoms with Crippen LogP contribution in [0, 0.1) is 17.0 Å². The van der Waals surface area contributed by atoms with Crippen LogP contribution in [0.4, 0.5) is 13.6 Å². The Kier molecular flexibility index (Phi) is 10.9. The van der Waals surface area contributed by atoms with Gasteiger partial charge >= 0.3 is 12.1 Å². The molecular weight excluding hydrogens is 566 g/mol. The molecule has 240 valence electrons. The van der Waals surface area contributed by atoms with Crippen molar-refractivity contribution in [1.82, 2.24) is 20.2 Å². The van der Waals surface area contributed by atoms with Gasteiger partial charge in [-0.05, 0) is 83.7 Å². The summed E-state index contributed by atoms with van der Waals surface area (Å²) in [7, 11) is 0. The normalized spacial score (nSPS) is 13.7. The van der Waals surface area contributed by atoms with Gasteiger partial charge in [0, 0.05) is 18.3 Å². The van der Waals surface area contributed by atoms with Crippen molar-refractivity contribution in [3.63, 3.8) is 0 Å². The number of nitrogens with one attached hydrogen (secondary N) is 2. The van der Waals surface area contributed by atoms with E-state index in [1.807, 2.05) is 55.7 Å². The van der Waals surface area contributed by atoms with E-state index < -0.39 is 46.4 Å². The van der Waals surface area contributed by atoms with Crippen molar-refractivity contribution in [2.75, 3.05) is 6.54 Å². The number of imidazole rings is 1. The van der Waals surface area contributed by atoms with E-state index in [4.69, 9.17) is 14.5 Å². The van der Waals surface area contributed by atoms with Gasteiger partial charge in [-0.2, -0.15) is 0 Å². The third-order valence-corrected chi connectivity index (χ3v) is 6.50. The first-order valence-corrected chi connectivity index (χ1v) is 14.8. The molecule has 0 saturated heterocycles. The molecule has 0 aliphatic rings. The third-order valence-electron chi connectivity index (χ3n) is 6.50. The van der Waals surface area contributed by atoms with Crippen LogP contribution in [0.1, 0.15) is 86.2 Å². The molecule has 2 N–H and O–H groups in total. The van der Waals surface area contributed by atoms with E-state index >= 15 is 0 Å². The van der Waals surface area contributed by atoms with Crippen LogP contribution in [0.5, 0.6) is 0 Å². The Morgan fingerprint density at radius 2 is 1.55 bits per heavy atom. The van der Waals surface area contributed by atoms with Crippen molar-refractivity contribution < 1.29 is 27.8 Å². The van der Waals surface area contributed by atoms with Gasteiger partial charge in [0.05, 0.1) is 11.7 Å².